The normalized spacial score (nSPS) is 12.6. The molecule has 1 aliphatic rings. The summed E-state index contributed by atoms with van der Waals surface area (Å²) in [6.45, 7) is 1.39. The number of fused-ring (bicyclic) bond motifs is 1. The molecule has 37 heavy (non-hydrogen) atoms. The molecule has 0 radical (unpaired) electrons. The average Bonchev–Trinajstić information content (AvgIpc) is 2.93. The molecule has 0 spiro atoms. The van der Waals surface area contributed by atoms with Crippen LogP contribution in [-0.4, -0.2) is 41.5 Å². The summed E-state index contributed by atoms with van der Waals surface area (Å²) in [6, 6.07) is 23.0. The number of carbonyl (C=O) groups is 1. The molecule has 0 bridgehead atoms. The fourth-order valence-corrected chi connectivity index (χ4v) is 4.31. The molecule has 0 saturated carbocycles. The molecule has 0 N–H and O–H groups in total. The van der Waals surface area contributed by atoms with E-state index in [-0.39, 0.29) is 12.5 Å². The number of nitrogens with zero attached hydrogens (tertiary/aromatic N) is 4. The molecule has 0 aliphatic carbocycles. The number of rotatable bonds is 7. The minimum absolute atomic E-state index is 0.119. The highest BCUT2D eigenvalue weighted by Crippen LogP contribution is 2.32. The summed E-state index contributed by atoms with van der Waals surface area (Å²) in [5.41, 5.74) is 3.18. The number of halogens is 1. The lowest BCUT2D eigenvalue weighted by atomic mass is 10.0. The highest BCUT2D eigenvalue weighted by molar-refractivity contribution is 5.94. The predicted molar refractivity (Wildman–Crippen MR) is 138 cm³/mol. The van der Waals surface area contributed by atoms with E-state index in [2.05, 4.69) is 0 Å². The van der Waals surface area contributed by atoms with Gasteiger partial charge in [-0.05, 0) is 35.9 Å². The molecular weight excluding hydrogens is 471 g/mol. The first-order valence-corrected chi connectivity index (χ1v) is 12.0. The third-order valence-electron chi connectivity index (χ3n) is 6.23. The lowest BCUT2D eigenvalue weighted by molar-refractivity contribution is 0.0731. The first kappa shape index (κ1) is 24.2. The van der Waals surface area contributed by atoms with Crippen LogP contribution in [-0.2, 0) is 19.5 Å². The van der Waals surface area contributed by atoms with E-state index in [1.807, 2.05) is 42.3 Å². The summed E-state index contributed by atoms with van der Waals surface area (Å²) < 4.78 is 25.3. The molecule has 2 heterocycles. The van der Waals surface area contributed by atoms with E-state index in [0.29, 0.717) is 54.0 Å². The second-order valence-corrected chi connectivity index (χ2v) is 8.86. The van der Waals surface area contributed by atoms with Crippen molar-refractivity contribution in [1.29, 1.82) is 0 Å². The molecule has 188 valence electrons. The first-order valence-electron chi connectivity index (χ1n) is 12.0. The molecule has 1 aliphatic heterocycles. The summed E-state index contributed by atoms with van der Waals surface area (Å²) in [6.07, 6.45) is 0.541. The maximum Gasteiger partial charge on any atom is 0.254 e. The predicted octanol–water partition coefficient (Wildman–Crippen LogP) is 5.25. The summed E-state index contributed by atoms with van der Waals surface area (Å²) >= 11 is 0. The van der Waals surface area contributed by atoms with Crippen molar-refractivity contribution in [3.63, 3.8) is 0 Å². The molecular formula is C29H27FN4O3. The topological polar surface area (TPSA) is 67.8 Å². The lowest BCUT2D eigenvalue weighted by Gasteiger charge is -2.30. The van der Waals surface area contributed by atoms with Gasteiger partial charge in [0.25, 0.3) is 5.91 Å². The summed E-state index contributed by atoms with van der Waals surface area (Å²) in [7, 11) is 3.49. The van der Waals surface area contributed by atoms with Crippen LogP contribution in [0.1, 0.15) is 27.2 Å². The number of carbonyl (C=O) groups excluding carboxylic acids is 1. The van der Waals surface area contributed by atoms with Crippen LogP contribution in [0.4, 0.5) is 10.3 Å². The Bertz CT molecular complexity index is 1410. The third kappa shape index (κ3) is 5.53. The smallest absolute Gasteiger partial charge is 0.254 e. The Hall–Kier alpha value is -4.46. The van der Waals surface area contributed by atoms with Gasteiger partial charge >= 0.3 is 0 Å². The zero-order valence-corrected chi connectivity index (χ0v) is 20.7. The van der Waals surface area contributed by atoms with Crippen LogP contribution in [0.25, 0.3) is 0 Å². The SMILES string of the molecule is COc1cccc(C(=O)N2CCc3nc(N(C)Cc4ccccc4)nc(Oc4cccc(F)c4)c3C2)c1. The van der Waals surface area contributed by atoms with Crippen LogP contribution in [0, 0.1) is 5.82 Å². The number of amides is 1. The lowest BCUT2D eigenvalue weighted by Crippen LogP contribution is -2.37. The van der Waals surface area contributed by atoms with Crippen molar-refractivity contribution in [2.24, 2.45) is 0 Å². The Morgan fingerprint density at radius 1 is 1.00 bits per heavy atom. The Morgan fingerprint density at radius 2 is 1.78 bits per heavy atom. The highest BCUT2D eigenvalue weighted by Gasteiger charge is 2.28. The van der Waals surface area contributed by atoms with Gasteiger partial charge in [0.2, 0.25) is 11.8 Å². The van der Waals surface area contributed by atoms with E-state index >= 15 is 0 Å². The van der Waals surface area contributed by atoms with Crippen molar-refractivity contribution in [2.45, 2.75) is 19.5 Å². The maximum absolute atomic E-state index is 13.9. The molecule has 0 fully saturated rings. The molecule has 8 heteroatoms. The molecule has 5 rings (SSSR count). The van der Waals surface area contributed by atoms with Gasteiger partial charge in [-0.2, -0.15) is 4.98 Å². The van der Waals surface area contributed by atoms with E-state index in [1.54, 1.807) is 48.4 Å². The van der Waals surface area contributed by atoms with Crippen molar-refractivity contribution in [3.05, 3.63) is 107 Å². The van der Waals surface area contributed by atoms with Crippen LogP contribution < -0.4 is 14.4 Å². The summed E-state index contributed by atoms with van der Waals surface area (Å²) in [5, 5.41) is 0. The van der Waals surface area contributed by atoms with Crippen LogP contribution >= 0.6 is 0 Å². The second-order valence-electron chi connectivity index (χ2n) is 8.86. The van der Waals surface area contributed by atoms with E-state index in [0.717, 1.165) is 11.3 Å². The Kier molecular flexibility index (Phi) is 6.98. The van der Waals surface area contributed by atoms with Crippen molar-refractivity contribution in [3.8, 4) is 17.4 Å². The quantitative estimate of drug-likeness (QED) is 0.347. The number of anilines is 1. The highest BCUT2D eigenvalue weighted by atomic mass is 19.1. The van der Waals surface area contributed by atoms with Gasteiger partial charge in [0.05, 0.1) is 24.9 Å². The van der Waals surface area contributed by atoms with Gasteiger partial charge < -0.3 is 19.3 Å². The van der Waals surface area contributed by atoms with Crippen LogP contribution in [0.5, 0.6) is 17.4 Å². The molecule has 3 aromatic carbocycles. The molecule has 0 atom stereocenters. The number of ether oxygens (including phenoxy) is 2. The molecule has 1 amide bonds. The van der Waals surface area contributed by atoms with Gasteiger partial charge in [-0.15, -0.1) is 0 Å². The monoisotopic (exact) mass is 498 g/mol. The maximum atomic E-state index is 13.9. The fourth-order valence-electron chi connectivity index (χ4n) is 4.31. The Balaban J connectivity index is 1.47. The zero-order valence-electron chi connectivity index (χ0n) is 20.7. The average molecular weight is 499 g/mol. The van der Waals surface area contributed by atoms with E-state index in [1.165, 1.54) is 12.1 Å². The van der Waals surface area contributed by atoms with Gasteiger partial charge in [0.1, 0.15) is 17.3 Å². The van der Waals surface area contributed by atoms with E-state index < -0.39 is 5.82 Å². The van der Waals surface area contributed by atoms with Crippen LogP contribution in [0.15, 0.2) is 78.9 Å². The van der Waals surface area contributed by atoms with E-state index in [4.69, 9.17) is 19.4 Å². The van der Waals surface area contributed by atoms with E-state index in [9.17, 15) is 9.18 Å². The minimum Gasteiger partial charge on any atom is -0.497 e. The minimum atomic E-state index is -0.406. The Labute approximate surface area is 215 Å². The van der Waals surface area contributed by atoms with Crippen molar-refractivity contribution < 1.29 is 18.7 Å². The van der Waals surface area contributed by atoms with Crippen LogP contribution in [0.3, 0.4) is 0 Å². The Morgan fingerprint density at radius 3 is 2.57 bits per heavy atom. The largest absolute Gasteiger partial charge is 0.497 e. The standard InChI is InChI=1S/C29H27FN4O3/c1-33(18-20-8-4-3-5-9-20)29-31-26-14-15-34(28(35)21-10-6-12-23(16-21)36-2)19-25(26)27(32-29)37-24-13-7-11-22(30)17-24/h3-13,16-17H,14-15,18-19H2,1-2H3. The van der Waals surface area contributed by atoms with Crippen molar-refractivity contribution in [2.75, 3.05) is 25.6 Å². The molecule has 0 unspecified atom stereocenters. The molecule has 1 aromatic heterocycles. The summed E-state index contributed by atoms with van der Waals surface area (Å²) in [5.74, 6) is 1.24. The van der Waals surface area contributed by atoms with Crippen molar-refractivity contribution >= 4 is 11.9 Å². The van der Waals surface area contributed by atoms with Gasteiger partial charge in [-0.1, -0.05) is 42.5 Å². The molecule has 7 nitrogen and oxygen atoms in total. The van der Waals surface area contributed by atoms with Gasteiger partial charge in [-0.25, -0.2) is 9.37 Å². The fraction of sp³-hybridized carbons (Fsp3) is 0.207. The number of hydrogen-bond donors (Lipinski definition) is 0. The van der Waals surface area contributed by atoms with Crippen LogP contribution in [0.2, 0.25) is 0 Å². The molecule has 0 saturated heterocycles. The van der Waals surface area contributed by atoms with Gasteiger partial charge in [-0.3, -0.25) is 4.79 Å². The number of benzene rings is 3. The zero-order chi connectivity index (χ0) is 25.8. The second kappa shape index (κ2) is 10.7. The number of methoxy groups -OCH3 is 1. The summed E-state index contributed by atoms with van der Waals surface area (Å²) in [4.78, 5) is 26.5. The number of hydrogen-bond acceptors (Lipinski definition) is 6. The number of aromatic nitrogens is 2. The first-order chi connectivity index (χ1) is 18.0. The molecule has 4 aromatic rings. The van der Waals surface area contributed by atoms with Gasteiger partial charge in [0, 0.05) is 38.2 Å². The van der Waals surface area contributed by atoms with Crippen molar-refractivity contribution in [1.82, 2.24) is 14.9 Å². The van der Waals surface area contributed by atoms with Gasteiger partial charge in [0.15, 0.2) is 0 Å². The third-order valence-corrected chi connectivity index (χ3v) is 6.23.